The fourth-order valence-corrected chi connectivity index (χ4v) is 3.84. The summed E-state index contributed by atoms with van der Waals surface area (Å²) in [5.41, 5.74) is 1.84. The van der Waals surface area contributed by atoms with Crippen LogP contribution in [0.2, 0.25) is 0 Å². The number of hydrogen-bond acceptors (Lipinski definition) is 5. The highest BCUT2D eigenvalue weighted by Gasteiger charge is 2.39. The summed E-state index contributed by atoms with van der Waals surface area (Å²) in [5, 5.41) is 11.6. The molecule has 2 aromatic heterocycles. The van der Waals surface area contributed by atoms with Crippen LogP contribution in [0.4, 0.5) is 5.69 Å². The van der Waals surface area contributed by atoms with Gasteiger partial charge in [-0.25, -0.2) is 0 Å². The third-order valence-corrected chi connectivity index (χ3v) is 5.22. The molecule has 0 spiro atoms. The fourth-order valence-electron chi connectivity index (χ4n) is 3.84. The number of aryl methyl sites for hydroxylation is 2. The third-order valence-electron chi connectivity index (χ3n) is 5.22. The van der Waals surface area contributed by atoms with Gasteiger partial charge in [-0.2, -0.15) is 10.2 Å². The van der Waals surface area contributed by atoms with Crippen molar-refractivity contribution in [1.29, 1.82) is 0 Å². The van der Waals surface area contributed by atoms with E-state index in [1.165, 1.54) is 0 Å². The molecule has 4 heterocycles. The van der Waals surface area contributed by atoms with E-state index in [-0.39, 0.29) is 42.6 Å². The number of aromatic nitrogens is 4. The molecule has 2 saturated heterocycles. The van der Waals surface area contributed by atoms with Crippen molar-refractivity contribution in [3.63, 3.8) is 0 Å². The lowest BCUT2D eigenvalue weighted by Gasteiger charge is -2.35. The van der Waals surface area contributed by atoms with Crippen molar-refractivity contribution in [1.82, 2.24) is 29.8 Å². The molecule has 1 N–H and O–H groups in total. The molecule has 146 valence electrons. The van der Waals surface area contributed by atoms with E-state index in [2.05, 4.69) is 15.5 Å². The van der Waals surface area contributed by atoms with Gasteiger partial charge in [0.15, 0.2) is 0 Å². The quantitative estimate of drug-likeness (QED) is 0.777. The van der Waals surface area contributed by atoms with Crippen molar-refractivity contribution >= 4 is 29.9 Å². The summed E-state index contributed by atoms with van der Waals surface area (Å²) < 4.78 is 3.42. The van der Waals surface area contributed by atoms with E-state index in [9.17, 15) is 9.59 Å². The number of carbonyl (C=O) groups excluding carboxylic acids is 2. The number of nitrogens with one attached hydrogen (secondary N) is 1. The average molecular weight is 394 g/mol. The molecule has 10 heteroatoms. The van der Waals surface area contributed by atoms with E-state index in [1.54, 1.807) is 25.4 Å². The summed E-state index contributed by atoms with van der Waals surface area (Å²) >= 11 is 0. The number of rotatable bonds is 3. The van der Waals surface area contributed by atoms with E-state index >= 15 is 0 Å². The third kappa shape index (κ3) is 3.70. The zero-order valence-corrected chi connectivity index (χ0v) is 16.2. The second kappa shape index (κ2) is 7.69. The van der Waals surface area contributed by atoms with Gasteiger partial charge in [0.1, 0.15) is 6.54 Å². The van der Waals surface area contributed by atoms with Gasteiger partial charge in [0.25, 0.3) is 0 Å². The minimum atomic E-state index is -0.156. The highest BCUT2D eigenvalue weighted by Crippen LogP contribution is 2.30. The van der Waals surface area contributed by atoms with Crippen LogP contribution in [0, 0.1) is 5.92 Å². The largest absolute Gasteiger partial charge is 0.331 e. The number of piperazine rings is 1. The van der Waals surface area contributed by atoms with Gasteiger partial charge in [0.05, 0.1) is 24.0 Å². The van der Waals surface area contributed by atoms with Gasteiger partial charge in [-0.15, -0.1) is 12.4 Å². The zero-order valence-electron chi connectivity index (χ0n) is 15.4. The van der Waals surface area contributed by atoms with Crippen LogP contribution in [0.25, 0.3) is 0 Å². The fraction of sp³-hybridized carbons (Fsp3) is 0.529. The molecule has 2 aliphatic heterocycles. The number of amides is 2. The van der Waals surface area contributed by atoms with Crippen LogP contribution in [0.1, 0.15) is 11.5 Å². The van der Waals surface area contributed by atoms with Crippen LogP contribution < -0.4 is 10.2 Å². The van der Waals surface area contributed by atoms with Crippen LogP contribution in [-0.2, 0) is 23.7 Å². The molecule has 2 aromatic rings. The first-order chi connectivity index (χ1) is 12.5. The number of carbonyl (C=O) groups is 2. The summed E-state index contributed by atoms with van der Waals surface area (Å²) in [5.74, 6) is -0.0795. The summed E-state index contributed by atoms with van der Waals surface area (Å²) in [6.45, 7) is 2.54. The Kier molecular flexibility index (Phi) is 5.52. The highest BCUT2D eigenvalue weighted by atomic mass is 35.5. The maximum Gasteiger partial charge on any atom is 0.246 e. The van der Waals surface area contributed by atoms with E-state index in [0.29, 0.717) is 19.6 Å². The number of anilines is 1. The van der Waals surface area contributed by atoms with Gasteiger partial charge in [-0.3, -0.25) is 19.0 Å². The minimum Gasteiger partial charge on any atom is -0.331 e. The van der Waals surface area contributed by atoms with Crippen molar-refractivity contribution < 1.29 is 9.59 Å². The molecule has 2 aliphatic rings. The van der Waals surface area contributed by atoms with E-state index in [1.807, 2.05) is 32.7 Å². The molecule has 0 unspecified atom stereocenters. The van der Waals surface area contributed by atoms with Crippen molar-refractivity contribution in [2.75, 3.05) is 37.6 Å². The summed E-state index contributed by atoms with van der Waals surface area (Å²) in [7, 11) is 3.69. The van der Waals surface area contributed by atoms with Crippen molar-refractivity contribution in [3.05, 3.63) is 30.4 Å². The van der Waals surface area contributed by atoms with Gasteiger partial charge in [-0.05, 0) is 5.56 Å². The minimum absolute atomic E-state index is 0. The van der Waals surface area contributed by atoms with Gasteiger partial charge < -0.3 is 15.1 Å². The van der Waals surface area contributed by atoms with E-state index in [0.717, 1.165) is 17.8 Å². The average Bonchev–Trinajstić information content (AvgIpc) is 3.34. The molecule has 9 nitrogen and oxygen atoms in total. The Morgan fingerprint density at radius 1 is 1.11 bits per heavy atom. The molecule has 0 saturated carbocycles. The van der Waals surface area contributed by atoms with Crippen LogP contribution in [0.3, 0.4) is 0 Å². The molecule has 27 heavy (non-hydrogen) atoms. The van der Waals surface area contributed by atoms with Crippen molar-refractivity contribution in [2.45, 2.75) is 5.92 Å². The van der Waals surface area contributed by atoms with Gasteiger partial charge in [-0.1, -0.05) is 0 Å². The summed E-state index contributed by atoms with van der Waals surface area (Å²) in [6.07, 6.45) is 7.27. The van der Waals surface area contributed by atoms with Crippen molar-refractivity contribution in [3.8, 4) is 0 Å². The second-order valence-corrected chi connectivity index (χ2v) is 7.00. The first-order valence-electron chi connectivity index (χ1n) is 8.80. The number of nitrogens with zero attached hydrogens (tertiary/aromatic N) is 6. The number of halogens is 1. The van der Waals surface area contributed by atoms with Gasteiger partial charge in [0, 0.05) is 58.6 Å². The first-order valence-corrected chi connectivity index (χ1v) is 8.80. The Balaban J connectivity index is 0.00000210. The summed E-state index contributed by atoms with van der Waals surface area (Å²) in [4.78, 5) is 29.0. The molecule has 2 fully saturated rings. The lowest BCUT2D eigenvalue weighted by Crippen LogP contribution is -2.54. The molecular weight excluding hydrogens is 370 g/mol. The molecule has 2 amide bonds. The van der Waals surface area contributed by atoms with Crippen LogP contribution in [0.5, 0.6) is 0 Å². The Labute approximate surface area is 163 Å². The van der Waals surface area contributed by atoms with Gasteiger partial charge in [0.2, 0.25) is 11.8 Å². The molecule has 0 aromatic carbocycles. The zero-order chi connectivity index (χ0) is 18.3. The Bertz CT molecular complexity index is 833. The maximum atomic E-state index is 13.1. The monoisotopic (exact) mass is 393 g/mol. The standard InChI is InChI=1S/C17H23N7O2.ClH/c1-21-9-12(5-19-21)14-7-18-8-15(14)17(26)23-3-4-24(16(25)11-23)13-6-20-22(2)10-13;/h5-6,9-10,14-15,18H,3-4,7-8,11H2,1-2H3;1H/t14-,15+;/m1./s1. The Morgan fingerprint density at radius 3 is 2.48 bits per heavy atom. The predicted molar refractivity (Wildman–Crippen MR) is 102 cm³/mol. The van der Waals surface area contributed by atoms with Crippen LogP contribution >= 0.6 is 12.4 Å². The maximum absolute atomic E-state index is 13.1. The molecule has 2 atom stereocenters. The molecule has 0 bridgehead atoms. The van der Waals surface area contributed by atoms with Crippen LogP contribution in [-0.4, -0.2) is 69.0 Å². The second-order valence-electron chi connectivity index (χ2n) is 7.00. The first kappa shape index (κ1) is 19.4. The predicted octanol–water partition coefficient (Wildman–Crippen LogP) is -0.246. The molecule has 4 rings (SSSR count). The smallest absolute Gasteiger partial charge is 0.246 e. The lowest BCUT2D eigenvalue weighted by molar-refractivity contribution is -0.140. The topological polar surface area (TPSA) is 88.3 Å². The number of hydrogen-bond donors (Lipinski definition) is 1. The van der Waals surface area contributed by atoms with Crippen molar-refractivity contribution in [2.24, 2.45) is 20.0 Å². The van der Waals surface area contributed by atoms with Gasteiger partial charge >= 0.3 is 0 Å². The molecule has 0 aliphatic carbocycles. The Hall–Kier alpha value is -2.39. The van der Waals surface area contributed by atoms with E-state index in [4.69, 9.17) is 0 Å². The van der Waals surface area contributed by atoms with E-state index < -0.39 is 0 Å². The summed E-state index contributed by atoms with van der Waals surface area (Å²) in [6, 6.07) is 0. The highest BCUT2D eigenvalue weighted by molar-refractivity contribution is 5.98. The Morgan fingerprint density at radius 2 is 1.85 bits per heavy atom. The molecule has 0 radical (unpaired) electrons. The normalized spacial score (nSPS) is 22.8. The SMILES string of the molecule is Cl.Cn1cc([C@H]2CNC[C@@H]2C(=O)N2CCN(c3cnn(C)c3)C(=O)C2)cn1. The van der Waals surface area contributed by atoms with Crippen LogP contribution in [0.15, 0.2) is 24.8 Å². The molecular formula is C17H24ClN7O2. The lowest BCUT2D eigenvalue weighted by atomic mass is 9.89.